The van der Waals surface area contributed by atoms with Crippen LogP contribution in [-0.4, -0.2) is 43.3 Å². The van der Waals surface area contributed by atoms with Crippen LogP contribution in [0.15, 0.2) is 30.3 Å². The van der Waals surface area contributed by atoms with Gasteiger partial charge in [0.15, 0.2) is 0 Å². The van der Waals surface area contributed by atoms with Crippen molar-refractivity contribution in [1.29, 1.82) is 0 Å². The van der Waals surface area contributed by atoms with Gasteiger partial charge < -0.3 is 10.1 Å². The van der Waals surface area contributed by atoms with Gasteiger partial charge >= 0.3 is 0 Å². The van der Waals surface area contributed by atoms with Crippen LogP contribution in [0.3, 0.4) is 0 Å². The van der Waals surface area contributed by atoms with E-state index >= 15 is 0 Å². The predicted octanol–water partition coefficient (Wildman–Crippen LogP) is 2.84. The van der Waals surface area contributed by atoms with Crippen molar-refractivity contribution in [3.05, 3.63) is 35.9 Å². The summed E-state index contributed by atoms with van der Waals surface area (Å²) in [5.74, 6) is 0. The Morgan fingerprint density at radius 2 is 1.95 bits per heavy atom. The average Bonchev–Trinajstić information content (AvgIpc) is 3.01. The van der Waals surface area contributed by atoms with Gasteiger partial charge in [-0.05, 0) is 17.4 Å². The Morgan fingerprint density at radius 1 is 1.19 bits per heavy atom. The Hall–Kier alpha value is -0.900. The Balaban J connectivity index is 1.79. The molecule has 1 N–H and O–H groups in total. The fourth-order valence-corrected chi connectivity index (χ4v) is 3.67. The summed E-state index contributed by atoms with van der Waals surface area (Å²) in [6.07, 6.45) is 1.17. The average molecular weight is 288 g/mol. The zero-order valence-corrected chi connectivity index (χ0v) is 13.5. The monoisotopic (exact) mass is 288 g/mol. The fraction of sp³-hybridized carbons (Fsp3) is 0.667. The third-order valence-corrected chi connectivity index (χ3v) is 4.93. The second-order valence-electron chi connectivity index (χ2n) is 7.47. The van der Waals surface area contributed by atoms with Gasteiger partial charge in [-0.1, -0.05) is 51.1 Å². The molecule has 116 valence electrons. The molecule has 0 saturated carbocycles. The molecule has 0 aliphatic carbocycles. The molecule has 0 bridgehead atoms. The van der Waals surface area contributed by atoms with Crippen LogP contribution in [0.4, 0.5) is 0 Å². The lowest BCUT2D eigenvalue weighted by atomic mass is 9.82. The zero-order valence-electron chi connectivity index (χ0n) is 13.5. The lowest BCUT2D eigenvalue weighted by Crippen LogP contribution is -2.60. The highest BCUT2D eigenvalue weighted by Gasteiger charge is 2.40. The normalized spacial score (nSPS) is 31.5. The minimum atomic E-state index is 0.289. The van der Waals surface area contributed by atoms with Gasteiger partial charge in [0.2, 0.25) is 0 Å². The maximum Gasteiger partial charge on any atom is 0.0622 e. The molecule has 1 aromatic carbocycles. The quantitative estimate of drug-likeness (QED) is 0.905. The van der Waals surface area contributed by atoms with Crippen LogP contribution in [0.1, 0.15) is 38.8 Å². The van der Waals surface area contributed by atoms with E-state index in [1.807, 2.05) is 0 Å². The van der Waals surface area contributed by atoms with Crippen LogP contribution in [0.5, 0.6) is 0 Å². The maximum absolute atomic E-state index is 5.65. The van der Waals surface area contributed by atoms with E-state index in [0.717, 1.165) is 26.3 Å². The number of rotatable bonds is 2. The Bertz CT molecular complexity index is 448. The van der Waals surface area contributed by atoms with Crippen LogP contribution in [0.25, 0.3) is 0 Å². The Labute approximate surface area is 128 Å². The van der Waals surface area contributed by atoms with Crippen molar-refractivity contribution < 1.29 is 4.74 Å². The van der Waals surface area contributed by atoms with Crippen LogP contribution in [0.2, 0.25) is 0 Å². The van der Waals surface area contributed by atoms with Crippen molar-refractivity contribution in [3.8, 4) is 0 Å². The highest BCUT2D eigenvalue weighted by atomic mass is 16.5. The van der Waals surface area contributed by atoms with E-state index in [1.165, 1.54) is 12.0 Å². The van der Waals surface area contributed by atoms with E-state index in [-0.39, 0.29) is 5.41 Å². The van der Waals surface area contributed by atoms with E-state index in [2.05, 4.69) is 61.3 Å². The van der Waals surface area contributed by atoms with E-state index in [1.54, 1.807) is 0 Å². The van der Waals surface area contributed by atoms with Crippen molar-refractivity contribution in [3.63, 3.8) is 0 Å². The van der Waals surface area contributed by atoms with Gasteiger partial charge in [0.25, 0.3) is 0 Å². The highest BCUT2D eigenvalue weighted by Crippen LogP contribution is 2.33. The number of hydrogen-bond donors (Lipinski definition) is 1. The summed E-state index contributed by atoms with van der Waals surface area (Å²) in [5, 5.41) is 3.76. The number of ether oxygens (including phenoxy) is 1. The first-order chi connectivity index (χ1) is 10.1. The van der Waals surface area contributed by atoms with Crippen LogP contribution < -0.4 is 5.32 Å². The number of nitrogens with one attached hydrogen (secondary N) is 1. The number of piperazine rings is 1. The van der Waals surface area contributed by atoms with Crippen LogP contribution >= 0.6 is 0 Å². The molecule has 2 fully saturated rings. The van der Waals surface area contributed by atoms with Gasteiger partial charge in [-0.3, -0.25) is 4.90 Å². The van der Waals surface area contributed by atoms with Crippen molar-refractivity contribution in [2.75, 3.05) is 26.3 Å². The molecule has 0 radical (unpaired) electrons. The third-order valence-electron chi connectivity index (χ3n) is 4.93. The SMILES string of the molecule is CC(C)(C)C1CNC(c2ccccc2)CN1C1CCOC1. The molecule has 3 heteroatoms. The molecule has 2 heterocycles. The molecule has 0 aromatic heterocycles. The van der Waals surface area contributed by atoms with E-state index in [0.29, 0.717) is 18.1 Å². The second kappa shape index (κ2) is 6.07. The van der Waals surface area contributed by atoms with Gasteiger partial charge in [-0.2, -0.15) is 0 Å². The lowest BCUT2D eigenvalue weighted by Gasteiger charge is -2.48. The first-order valence-corrected chi connectivity index (χ1v) is 8.17. The summed E-state index contributed by atoms with van der Waals surface area (Å²) in [4.78, 5) is 2.71. The molecule has 3 rings (SSSR count). The molecular weight excluding hydrogens is 260 g/mol. The van der Waals surface area contributed by atoms with E-state index in [4.69, 9.17) is 4.74 Å². The first-order valence-electron chi connectivity index (χ1n) is 8.17. The van der Waals surface area contributed by atoms with Gasteiger partial charge in [0.1, 0.15) is 0 Å². The van der Waals surface area contributed by atoms with E-state index < -0.39 is 0 Å². The van der Waals surface area contributed by atoms with Gasteiger partial charge in [-0.15, -0.1) is 0 Å². The first kappa shape index (κ1) is 15.0. The number of benzene rings is 1. The van der Waals surface area contributed by atoms with E-state index in [9.17, 15) is 0 Å². The molecule has 0 spiro atoms. The molecule has 3 unspecified atom stereocenters. The summed E-state index contributed by atoms with van der Waals surface area (Å²) in [6.45, 7) is 11.0. The predicted molar refractivity (Wildman–Crippen MR) is 86.4 cm³/mol. The molecule has 3 atom stereocenters. The molecule has 2 aliphatic rings. The molecule has 2 aliphatic heterocycles. The fourth-order valence-electron chi connectivity index (χ4n) is 3.67. The van der Waals surface area contributed by atoms with Crippen LogP contribution in [0, 0.1) is 5.41 Å². The Morgan fingerprint density at radius 3 is 2.57 bits per heavy atom. The molecule has 2 saturated heterocycles. The number of hydrogen-bond acceptors (Lipinski definition) is 3. The highest BCUT2D eigenvalue weighted by molar-refractivity contribution is 5.20. The molecular formula is C18H28N2O. The van der Waals surface area contributed by atoms with Crippen molar-refractivity contribution in [1.82, 2.24) is 10.2 Å². The standard InChI is InChI=1S/C18H28N2O/c1-18(2,3)17-11-19-16(14-7-5-4-6-8-14)12-20(17)15-9-10-21-13-15/h4-8,15-17,19H,9-13H2,1-3H3. The summed E-state index contributed by atoms with van der Waals surface area (Å²) in [6, 6.07) is 12.4. The van der Waals surface area contributed by atoms with Gasteiger partial charge in [0.05, 0.1) is 6.61 Å². The summed E-state index contributed by atoms with van der Waals surface area (Å²) < 4.78 is 5.65. The van der Waals surface area contributed by atoms with Crippen molar-refractivity contribution in [2.45, 2.75) is 45.3 Å². The minimum absolute atomic E-state index is 0.289. The summed E-state index contributed by atoms with van der Waals surface area (Å²) in [5.41, 5.74) is 1.69. The van der Waals surface area contributed by atoms with Gasteiger partial charge in [-0.25, -0.2) is 0 Å². The molecule has 3 nitrogen and oxygen atoms in total. The molecule has 0 amide bonds. The molecule has 21 heavy (non-hydrogen) atoms. The minimum Gasteiger partial charge on any atom is -0.380 e. The topological polar surface area (TPSA) is 24.5 Å². The zero-order chi connectivity index (χ0) is 14.9. The lowest BCUT2D eigenvalue weighted by molar-refractivity contribution is 0.0159. The summed E-state index contributed by atoms with van der Waals surface area (Å²) in [7, 11) is 0. The summed E-state index contributed by atoms with van der Waals surface area (Å²) >= 11 is 0. The third kappa shape index (κ3) is 3.31. The second-order valence-corrected chi connectivity index (χ2v) is 7.47. The smallest absolute Gasteiger partial charge is 0.0622 e. The number of nitrogens with zero attached hydrogens (tertiary/aromatic N) is 1. The van der Waals surface area contributed by atoms with Gasteiger partial charge in [0, 0.05) is 37.8 Å². The largest absolute Gasteiger partial charge is 0.380 e. The molecule has 1 aromatic rings. The van der Waals surface area contributed by atoms with Crippen molar-refractivity contribution >= 4 is 0 Å². The maximum atomic E-state index is 5.65. The Kier molecular flexibility index (Phi) is 4.34. The van der Waals surface area contributed by atoms with Crippen molar-refractivity contribution in [2.24, 2.45) is 5.41 Å². The van der Waals surface area contributed by atoms with Crippen LogP contribution in [-0.2, 0) is 4.74 Å².